The van der Waals surface area contributed by atoms with E-state index in [4.69, 9.17) is 38.2 Å². The minimum absolute atomic E-state index is 0.0657. The molecule has 2 heterocycles. The summed E-state index contributed by atoms with van der Waals surface area (Å²) in [6, 6.07) is 5.13. The maximum Gasteiger partial charge on any atom is 0.256 e. The molecule has 1 aliphatic heterocycles. The lowest BCUT2D eigenvalue weighted by Gasteiger charge is -2.07. The number of nitrogens with two attached hydrogens (primary N) is 1. The van der Waals surface area contributed by atoms with E-state index in [0.717, 1.165) is 12.8 Å². The van der Waals surface area contributed by atoms with Gasteiger partial charge in [-0.1, -0.05) is 28.4 Å². The average molecular weight is 314 g/mol. The van der Waals surface area contributed by atoms with Gasteiger partial charge in [0.1, 0.15) is 6.10 Å². The smallest absolute Gasteiger partial charge is 0.256 e. The molecule has 1 fully saturated rings. The zero-order chi connectivity index (χ0) is 14.1. The van der Waals surface area contributed by atoms with Crippen molar-refractivity contribution in [2.24, 2.45) is 5.73 Å². The van der Waals surface area contributed by atoms with Crippen LogP contribution in [0.5, 0.6) is 0 Å². The Hall–Kier alpha value is -1.14. The zero-order valence-electron chi connectivity index (χ0n) is 10.6. The standard InChI is InChI=1S/C13H13Cl2N3O2/c14-8-3-7(4-9(15)5-8)12-17-13(20-18-12)11-2-1-10(6-16)19-11/h3-5,10-11H,1-2,6,16H2. The molecular weight excluding hydrogens is 301 g/mol. The molecule has 2 atom stereocenters. The second kappa shape index (κ2) is 5.69. The summed E-state index contributed by atoms with van der Waals surface area (Å²) in [4.78, 5) is 4.35. The average Bonchev–Trinajstić information content (AvgIpc) is 3.06. The van der Waals surface area contributed by atoms with Gasteiger partial charge >= 0.3 is 0 Å². The molecule has 1 aromatic carbocycles. The first-order valence-electron chi connectivity index (χ1n) is 6.31. The lowest BCUT2D eigenvalue weighted by Crippen LogP contribution is -2.18. The molecule has 5 nitrogen and oxygen atoms in total. The third-order valence-corrected chi connectivity index (χ3v) is 3.64. The van der Waals surface area contributed by atoms with Gasteiger partial charge in [-0.2, -0.15) is 4.98 Å². The van der Waals surface area contributed by atoms with Crippen molar-refractivity contribution in [2.75, 3.05) is 6.54 Å². The Kier molecular flexibility index (Phi) is 3.94. The number of halogens is 2. The minimum Gasteiger partial charge on any atom is -0.364 e. The van der Waals surface area contributed by atoms with Crippen molar-refractivity contribution in [3.63, 3.8) is 0 Å². The van der Waals surface area contributed by atoms with Crippen LogP contribution in [0.1, 0.15) is 24.8 Å². The van der Waals surface area contributed by atoms with Gasteiger partial charge in [-0.05, 0) is 31.0 Å². The quantitative estimate of drug-likeness (QED) is 0.941. The van der Waals surface area contributed by atoms with Gasteiger partial charge in [0.2, 0.25) is 5.82 Å². The molecule has 0 spiro atoms. The van der Waals surface area contributed by atoms with E-state index in [1.807, 2.05) is 0 Å². The summed E-state index contributed by atoms with van der Waals surface area (Å²) < 4.78 is 11.0. The fraction of sp³-hybridized carbons (Fsp3) is 0.385. The van der Waals surface area contributed by atoms with Gasteiger partial charge in [-0.15, -0.1) is 0 Å². The van der Waals surface area contributed by atoms with E-state index in [1.54, 1.807) is 18.2 Å². The van der Waals surface area contributed by atoms with Gasteiger partial charge in [0.05, 0.1) is 6.10 Å². The second-order valence-electron chi connectivity index (χ2n) is 4.67. The number of rotatable bonds is 3. The van der Waals surface area contributed by atoms with Crippen LogP contribution in [-0.4, -0.2) is 22.8 Å². The Morgan fingerprint density at radius 1 is 1.20 bits per heavy atom. The van der Waals surface area contributed by atoms with Crippen LogP contribution in [-0.2, 0) is 4.74 Å². The molecule has 2 N–H and O–H groups in total. The number of benzene rings is 1. The molecule has 0 bridgehead atoms. The summed E-state index contributed by atoms with van der Waals surface area (Å²) in [6.07, 6.45) is 1.62. The topological polar surface area (TPSA) is 74.2 Å². The van der Waals surface area contributed by atoms with Crippen molar-refractivity contribution < 1.29 is 9.26 Å². The van der Waals surface area contributed by atoms with E-state index >= 15 is 0 Å². The maximum absolute atomic E-state index is 5.96. The van der Waals surface area contributed by atoms with Crippen LogP contribution >= 0.6 is 23.2 Å². The van der Waals surface area contributed by atoms with Gasteiger partial charge in [0, 0.05) is 22.2 Å². The minimum atomic E-state index is -0.181. The molecule has 7 heteroatoms. The summed E-state index contributed by atoms with van der Waals surface area (Å²) in [5, 5.41) is 5.00. The molecule has 106 valence electrons. The van der Waals surface area contributed by atoms with E-state index in [0.29, 0.717) is 33.9 Å². The van der Waals surface area contributed by atoms with E-state index in [2.05, 4.69) is 10.1 Å². The van der Waals surface area contributed by atoms with Crippen molar-refractivity contribution in [1.29, 1.82) is 0 Å². The van der Waals surface area contributed by atoms with Gasteiger partial charge in [0.15, 0.2) is 0 Å². The molecule has 20 heavy (non-hydrogen) atoms. The van der Waals surface area contributed by atoms with E-state index in [9.17, 15) is 0 Å². The van der Waals surface area contributed by atoms with Crippen molar-refractivity contribution in [1.82, 2.24) is 10.1 Å². The van der Waals surface area contributed by atoms with Crippen LogP contribution in [0, 0.1) is 0 Å². The van der Waals surface area contributed by atoms with Crippen LogP contribution in [0.4, 0.5) is 0 Å². The Balaban J connectivity index is 1.83. The number of aromatic nitrogens is 2. The fourth-order valence-corrected chi connectivity index (χ4v) is 2.75. The Labute approximate surface area is 126 Å². The SMILES string of the molecule is NCC1CCC(c2nc(-c3cc(Cl)cc(Cl)c3)no2)O1. The van der Waals surface area contributed by atoms with Crippen molar-refractivity contribution >= 4 is 23.2 Å². The summed E-state index contributed by atoms with van der Waals surface area (Å²) in [7, 11) is 0. The predicted octanol–water partition coefficient (Wildman–Crippen LogP) is 3.22. The second-order valence-corrected chi connectivity index (χ2v) is 5.55. The van der Waals surface area contributed by atoms with Crippen LogP contribution in [0.3, 0.4) is 0 Å². The maximum atomic E-state index is 5.96. The zero-order valence-corrected chi connectivity index (χ0v) is 12.1. The molecule has 2 aromatic rings. The summed E-state index contributed by atoms with van der Waals surface area (Å²) in [5.74, 6) is 0.913. The molecule has 0 radical (unpaired) electrons. The Morgan fingerprint density at radius 2 is 1.95 bits per heavy atom. The molecule has 1 aromatic heterocycles. The number of nitrogens with zero attached hydrogens (tertiary/aromatic N) is 2. The first-order chi connectivity index (χ1) is 9.65. The number of hydrogen-bond donors (Lipinski definition) is 1. The van der Waals surface area contributed by atoms with E-state index < -0.39 is 0 Å². The molecule has 1 saturated heterocycles. The monoisotopic (exact) mass is 313 g/mol. The molecule has 2 unspecified atom stereocenters. The summed E-state index contributed by atoms with van der Waals surface area (Å²) in [5.41, 5.74) is 6.30. The highest BCUT2D eigenvalue weighted by atomic mass is 35.5. The Bertz CT molecular complexity index is 597. The number of hydrogen-bond acceptors (Lipinski definition) is 5. The highest BCUT2D eigenvalue weighted by Crippen LogP contribution is 2.33. The van der Waals surface area contributed by atoms with Gasteiger partial charge in [-0.3, -0.25) is 0 Å². The molecule has 0 amide bonds. The van der Waals surface area contributed by atoms with Crippen LogP contribution < -0.4 is 5.73 Å². The summed E-state index contributed by atoms with van der Waals surface area (Å²) in [6.45, 7) is 0.501. The van der Waals surface area contributed by atoms with Gasteiger partial charge in [-0.25, -0.2) is 0 Å². The highest BCUT2D eigenvalue weighted by Gasteiger charge is 2.30. The van der Waals surface area contributed by atoms with Crippen LogP contribution in [0.15, 0.2) is 22.7 Å². The van der Waals surface area contributed by atoms with Crippen molar-refractivity contribution in [2.45, 2.75) is 25.0 Å². The third kappa shape index (κ3) is 2.81. The lowest BCUT2D eigenvalue weighted by molar-refractivity contribution is 0.0307. The lowest BCUT2D eigenvalue weighted by atomic mass is 10.2. The predicted molar refractivity (Wildman–Crippen MR) is 75.7 cm³/mol. The van der Waals surface area contributed by atoms with Crippen LogP contribution in [0.2, 0.25) is 10.0 Å². The summed E-state index contributed by atoms with van der Waals surface area (Å²) >= 11 is 11.9. The molecule has 1 aliphatic rings. The van der Waals surface area contributed by atoms with E-state index in [1.165, 1.54) is 0 Å². The van der Waals surface area contributed by atoms with Gasteiger partial charge < -0.3 is 15.0 Å². The molecule has 0 aliphatic carbocycles. The largest absolute Gasteiger partial charge is 0.364 e. The number of ether oxygens (including phenoxy) is 1. The van der Waals surface area contributed by atoms with E-state index in [-0.39, 0.29) is 12.2 Å². The first-order valence-corrected chi connectivity index (χ1v) is 7.07. The highest BCUT2D eigenvalue weighted by molar-refractivity contribution is 6.35. The molecule has 3 rings (SSSR count). The molecule has 0 saturated carbocycles. The first kappa shape index (κ1) is 13.8. The normalized spacial score (nSPS) is 22.4. The van der Waals surface area contributed by atoms with Crippen molar-refractivity contribution in [3.8, 4) is 11.4 Å². The van der Waals surface area contributed by atoms with Crippen LogP contribution in [0.25, 0.3) is 11.4 Å². The van der Waals surface area contributed by atoms with Gasteiger partial charge in [0.25, 0.3) is 5.89 Å². The Morgan fingerprint density at radius 3 is 2.60 bits per heavy atom. The fourth-order valence-electron chi connectivity index (χ4n) is 2.23. The third-order valence-electron chi connectivity index (χ3n) is 3.21. The van der Waals surface area contributed by atoms with Crippen molar-refractivity contribution in [3.05, 3.63) is 34.1 Å². The molecular formula is C13H13Cl2N3O2.